The maximum Gasteiger partial charge on any atom is 0.142 e. The van der Waals surface area contributed by atoms with Gasteiger partial charge in [0.25, 0.3) is 0 Å². The Hall–Kier alpha value is -0.670. The Labute approximate surface area is 87.1 Å². The van der Waals surface area contributed by atoms with E-state index in [9.17, 15) is 8.78 Å². The molecule has 0 aromatic heterocycles. The van der Waals surface area contributed by atoms with Gasteiger partial charge in [0.2, 0.25) is 0 Å². The average Bonchev–Trinajstić information content (AvgIpc) is 2.09. The molecule has 1 rings (SSSR count). The molecule has 0 aliphatic rings. The van der Waals surface area contributed by atoms with Crippen molar-refractivity contribution < 1.29 is 8.78 Å². The largest absolute Gasteiger partial charge is 0.310 e. The quantitative estimate of drug-likeness (QED) is 0.771. The van der Waals surface area contributed by atoms with Gasteiger partial charge in [0.1, 0.15) is 11.6 Å². The smallest absolute Gasteiger partial charge is 0.142 e. The van der Waals surface area contributed by atoms with Gasteiger partial charge in [0.15, 0.2) is 0 Å². The third-order valence-electron chi connectivity index (χ3n) is 1.79. The first kappa shape index (κ1) is 11.4. The Balaban J connectivity index is 2.82. The predicted octanol–water partition coefficient (Wildman–Crippen LogP) is 3.12. The van der Waals surface area contributed by atoms with Gasteiger partial charge in [-0.05, 0) is 12.1 Å². The van der Waals surface area contributed by atoms with Crippen LogP contribution in [0.15, 0.2) is 12.1 Å². The number of rotatable bonds is 3. The summed E-state index contributed by atoms with van der Waals surface area (Å²) in [6.45, 7) is 4.17. The van der Waals surface area contributed by atoms with Crippen LogP contribution in [-0.4, -0.2) is 6.04 Å². The van der Waals surface area contributed by atoms with Crippen molar-refractivity contribution in [2.24, 2.45) is 0 Å². The van der Waals surface area contributed by atoms with E-state index in [0.29, 0.717) is 12.1 Å². The molecular formula is C10H12ClF2N. The van der Waals surface area contributed by atoms with Crippen molar-refractivity contribution >= 4 is 11.6 Å². The van der Waals surface area contributed by atoms with E-state index < -0.39 is 11.6 Å². The third-order valence-corrected chi connectivity index (χ3v) is 2.08. The average molecular weight is 220 g/mol. The van der Waals surface area contributed by atoms with Crippen molar-refractivity contribution in [2.45, 2.75) is 26.4 Å². The normalized spacial score (nSPS) is 11.0. The summed E-state index contributed by atoms with van der Waals surface area (Å²) in [6.07, 6.45) is 0. The summed E-state index contributed by atoms with van der Waals surface area (Å²) in [7, 11) is 0. The first-order valence-electron chi connectivity index (χ1n) is 4.37. The lowest BCUT2D eigenvalue weighted by Gasteiger charge is -2.09. The molecule has 78 valence electrons. The molecule has 0 radical (unpaired) electrons. The number of hydrogen-bond acceptors (Lipinski definition) is 1. The van der Waals surface area contributed by atoms with Crippen LogP contribution in [0.2, 0.25) is 5.02 Å². The molecular weight excluding hydrogens is 208 g/mol. The van der Waals surface area contributed by atoms with Crippen LogP contribution >= 0.6 is 11.6 Å². The first-order valence-corrected chi connectivity index (χ1v) is 4.75. The van der Waals surface area contributed by atoms with E-state index in [2.05, 4.69) is 5.32 Å². The molecule has 0 aliphatic carbocycles. The SMILES string of the molecule is CC(C)NCc1cc(F)c(Cl)cc1F. The van der Waals surface area contributed by atoms with Crippen LogP contribution in [0.3, 0.4) is 0 Å². The summed E-state index contributed by atoms with van der Waals surface area (Å²) in [5.41, 5.74) is 0.292. The summed E-state index contributed by atoms with van der Waals surface area (Å²) >= 11 is 5.41. The van der Waals surface area contributed by atoms with Crippen LogP contribution in [0.5, 0.6) is 0 Å². The van der Waals surface area contributed by atoms with E-state index in [1.807, 2.05) is 13.8 Å². The number of benzene rings is 1. The summed E-state index contributed by atoms with van der Waals surface area (Å²) in [5.74, 6) is -1.07. The van der Waals surface area contributed by atoms with Crippen molar-refractivity contribution in [3.8, 4) is 0 Å². The Morgan fingerprint density at radius 1 is 1.29 bits per heavy atom. The molecule has 14 heavy (non-hydrogen) atoms. The topological polar surface area (TPSA) is 12.0 Å². The van der Waals surface area contributed by atoms with Crippen molar-refractivity contribution in [3.63, 3.8) is 0 Å². The van der Waals surface area contributed by atoms with E-state index in [0.717, 1.165) is 12.1 Å². The lowest BCUT2D eigenvalue weighted by atomic mass is 10.2. The van der Waals surface area contributed by atoms with Gasteiger partial charge in [-0.25, -0.2) is 8.78 Å². The van der Waals surface area contributed by atoms with Crippen LogP contribution in [0.25, 0.3) is 0 Å². The minimum Gasteiger partial charge on any atom is -0.310 e. The van der Waals surface area contributed by atoms with Gasteiger partial charge in [0, 0.05) is 18.2 Å². The van der Waals surface area contributed by atoms with Gasteiger partial charge in [-0.2, -0.15) is 0 Å². The maximum atomic E-state index is 13.2. The van der Waals surface area contributed by atoms with Gasteiger partial charge in [-0.15, -0.1) is 0 Å². The van der Waals surface area contributed by atoms with Gasteiger partial charge in [0.05, 0.1) is 5.02 Å². The molecule has 0 fully saturated rings. The van der Waals surface area contributed by atoms with Crippen molar-refractivity contribution in [2.75, 3.05) is 0 Å². The number of halogens is 3. The summed E-state index contributed by atoms with van der Waals surface area (Å²) in [5, 5.41) is 2.82. The molecule has 0 heterocycles. The molecule has 0 atom stereocenters. The molecule has 0 amide bonds. The van der Waals surface area contributed by atoms with Crippen LogP contribution < -0.4 is 5.32 Å². The third kappa shape index (κ3) is 2.93. The van der Waals surface area contributed by atoms with Gasteiger partial charge in [-0.1, -0.05) is 25.4 Å². The zero-order valence-electron chi connectivity index (χ0n) is 8.07. The molecule has 0 aliphatic heterocycles. The van der Waals surface area contributed by atoms with Gasteiger partial charge in [-0.3, -0.25) is 0 Å². The fourth-order valence-corrected chi connectivity index (χ4v) is 1.16. The molecule has 1 aromatic rings. The molecule has 0 unspecified atom stereocenters. The summed E-state index contributed by atoms with van der Waals surface area (Å²) in [4.78, 5) is 0. The highest BCUT2D eigenvalue weighted by Gasteiger charge is 2.08. The zero-order valence-corrected chi connectivity index (χ0v) is 8.83. The van der Waals surface area contributed by atoms with Crippen LogP contribution in [0, 0.1) is 11.6 Å². The van der Waals surface area contributed by atoms with E-state index >= 15 is 0 Å². The van der Waals surface area contributed by atoms with Gasteiger partial charge >= 0.3 is 0 Å². The molecule has 0 spiro atoms. The van der Waals surface area contributed by atoms with E-state index in [1.165, 1.54) is 0 Å². The Morgan fingerprint density at radius 2 is 1.93 bits per heavy atom. The molecule has 1 nitrogen and oxygen atoms in total. The minimum absolute atomic E-state index is 0.184. The van der Waals surface area contributed by atoms with Crippen LogP contribution in [0.4, 0.5) is 8.78 Å². The fraction of sp³-hybridized carbons (Fsp3) is 0.400. The van der Waals surface area contributed by atoms with Crippen molar-refractivity contribution in [3.05, 3.63) is 34.4 Å². The summed E-state index contributed by atoms with van der Waals surface area (Å²) in [6, 6.07) is 2.34. The molecule has 1 aromatic carbocycles. The molecule has 4 heteroatoms. The molecule has 0 bridgehead atoms. The predicted molar refractivity (Wildman–Crippen MR) is 53.3 cm³/mol. The second kappa shape index (κ2) is 4.71. The van der Waals surface area contributed by atoms with Crippen molar-refractivity contribution in [1.29, 1.82) is 0 Å². The number of nitrogens with one attached hydrogen (secondary N) is 1. The highest BCUT2D eigenvalue weighted by atomic mass is 35.5. The Morgan fingerprint density at radius 3 is 2.50 bits per heavy atom. The molecule has 0 saturated heterocycles. The Bertz CT molecular complexity index is 326. The minimum atomic E-state index is -0.589. The molecule has 1 N–H and O–H groups in total. The van der Waals surface area contributed by atoms with Crippen molar-refractivity contribution in [1.82, 2.24) is 5.32 Å². The second-order valence-electron chi connectivity index (χ2n) is 3.39. The fourth-order valence-electron chi connectivity index (χ4n) is 1.01. The van der Waals surface area contributed by atoms with Crippen LogP contribution in [-0.2, 0) is 6.54 Å². The number of hydrogen-bond donors (Lipinski definition) is 1. The van der Waals surface area contributed by atoms with Crippen LogP contribution in [0.1, 0.15) is 19.4 Å². The standard InChI is InChI=1S/C10H12ClF2N/c1-6(2)14-5-7-3-10(13)8(11)4-9(7)12/h3-4,6,14H,5H2,1-2H3. The first-order chi connectivity index (χ1) is 6.50. The van der Waals surface area contributed by atoms with Gasteiger partial charge < -0.3 is 5.32 Å². The van der Waals surface area contributed by atoms with E-state index in [1.54, 1.807) is 0 Å². The van der Waals surface area contributed by atoms with E-state index in [4.69, 9.17) is 11.6 Å². The highest BCUT2D eigenvalue weighted by Crippen LogP contribution is 2.19. The molecule has 0 saturated carbocycles. The monoisotopic (exact) mass is 219 g/mol. The zero-order chi connectivity index (χ0) is 10.7. The Kier molecular flexibility index (Phi) is 3.84. The second-order valence-corrected chi connectivity index (χ2v) is 3.80. The van der Waals surface area contributed by atoms with E-state index in [-0.39, 0.29) is 11.1 Å². The lowest BCUT2D eigenvalue weighted by Crippen LogP contribution is -2.22. The maximum absolute atomic E-state index is 13.2. The highest BCUT2D eigenvalue weighted by molar-refractivity contribution is 6.30. The summed E-state index contributed by atoms with van der Waals surface area (Å²) < 4.78 is 26.1. The lowest BCUT2D eigenvalue weighted by molar-refractivity contribution is 0.543.